The first-order valence-corrected chi connectivity index (χ1v) is 2.06. The van der Waals surface area contributed by atoms with Crippen molar-refractivity contribution in [2.45, 2.75) is 6.41 Å². The average Bonchev–Trinajstić information content (AvgIpc) is 2.14. The smallest absolute Gasteiger partial charge is 0.300 e. The Bertz CT molecular complexity index is 73.8. The molecule has 3 nitrogen and oxygen atoms in total. The number of ether oxygens (including phenoxy) is 2. The fourth-order valence-electron chi connectivity index (χ4n) is 0.375. The predicted octanol–water partition coefficient (Wildman–Crippen LogP) is 0.00740. The minimum absolute atomic E-state index is 0.264. The number of rotatable bonds is 1. The lowest BCUT2D eigenvalue weighted by Crippen LogP contribution is -2.24. The zero-order valence-electron chi connectivity index (χ0n) is 4.05. The highest BCUT2D eigenvalue weighted by atomic mass is 16.7. The summed E-state index contributed by atoms with van der Waals surface area (Å²) in [6.07, 6.45) is 2.74. The van der Waals surface area contributed by atoms with Gasteiger partial charge in [0.1, 0.15) is 12.5 Å². The van der Waals surface area contributed by atoms with Gasteiger partial charge in [0.15, 0.2) is 0 Å². The number of hydrogen-bond acceptors (Lipinski definition) is 3. The van der Waals surface area contributed by atoms with Crippen molar-refractivity contribution in [3.63, 3.8) is 0 Å². The fourth-order valence-corrected chi connectivity index (χ4v) is 0.375. The lowest BCUT2D eigenvalue weighted by molar-refractivity contribution is -0.0427. The van der Waals surface area contributed by atoms with Gasteiger partial charge in [0.2, 0.25) is 0 Å². The van der Waals surface area contributed by atoms with Crippen LogP contribution in [-0.2, 0) is 9.47 Å². The highest BCUT2D eigenvalue weighted by Gasteiger charge is 2.05. The van der Waals surface area contributed by atoms with Crippen LogP contribution in [0.4, 0.5) is 0 Å². The van der Waals surface area contributed by atoms with Gasteiger partial charge in [-0.2, -0.15) is 0 Å². The van der Waals surface area contributed by atoms with Gasteiger partial charge in [-0.05, 0) is 7.05 Å². The van der Waals surface area contributed by atoms with Gasteiger partial charge in [-0.1, -0.05) is 0 Å². The summed E-state index contributed by atoms with van der Waals surface area (Å²) in [5.74, 6) is 0. The Labute approximate surface area is 41.9 Å². The van der Waals surface area contributed by atoms with E-state index < -0.39 is 0 Å². The van der Waals surface area contributed by atoms with Crippen LogP contribution in [0.5, 0.6) is 0 Å². The molecule has 0 aromatic rings. The molecule has 0 unspecified atom stereocenters. The Morgan fingerprint density at radius 3 is 2.29 bits per heavy atom. The van der Waals surface area contributed by atoms with Crippen LogP contribution < -0.4 is 5.32 Å². The normalized spacial score (nSPS) is 19.0. The predicted molar refractivity (Wildman–Crippen MR) is 24.2 cm³/mol. The first-order chi connectivity index (χ1) is 3.43. The summed E-state index contributed by atoms with van der Waals surface area (Å²) >= 11 is 0. The molecule has 0 saturated carbocycles. The van der Waals surface area contributed by atoms with Crippen LogP contribution in [0.15, 0.2) is 12.5 Å². The second-order valence-corrected chi connectivity index (χ2v) is 1.16. The molecule has 0 atom stereocenters. The third kappa shape index (κ3) is 0.838. The van der Waals surface area contributed by atoms with E-state index in [0.29, 0.717) is 0 Å². The highest BCUT2D eigenvalue weighted by molar-refractivity contribution is 4.68. The Hall–Kier alpha value is -0.700. The van der Waals surface area contributed by atoms with Crippen LogP contribution in [0.2, 0.25) is 0 Å². The third-order valence-corrected chi connectivity index (χ3v) is 0.696. The van der Waals surface area contributed by atoms with E-state index in [1.165, 1.54) is 12.5 Å². The van der Waals surface area contributed by atoms with Gasteiger partial charge in [-0.15, -0.1) is 0 Å². The van der Waals surface area contributed by atoms with E-state index in [9.17, 15) is 0 Å². The molecule has 1 rings (SSSR count). The van der Waals surface area contributed by atoms with Crippen molar-refractivity contribution in [2.75, 3.05) is 7.05 Å². The van der Waals surface area contributed by atoms with Crippen LogP contribution in [0.1, 0.15) is 0 Å². The van der Waals surface area contributed by atoms with Crippen molar-refractivity contribution >= 4 is 0 Å². The Kier molecular flexibility index (Phi) is 1.17. The molecule has 0 bridgehead atoms. The summed E-state index contributed by atoms with van der Waals surface area (Å²) in [7, 11) is 1.76. The van der Waals surface area contributed by atoms with Crippen LogP contribution in [0, 0.1) is 0 Å². The molecular formula is C4H7NO2. The SMILES string of the molecule is CNC1OC=CO1. The van der Waals surface area contributed by atoms with E-state index in [2.05, 4.69) is 5.32 Å². The molecule has 0 aromatic heterocycles. The maximum absolute atomic E-state index is 4.79. The second kappa shape index (κ2) is 1.84. The zero-order valence-corrected chi connectivity index (χ0v) is 4.05. The van der Waals surface area contributed by atoms with E-state index in [0.717, 1.165) is 0 Å². The molecular weight excluding hydrogens is 94.0 g/mol. The molecule has 0 aliphatic carbocycles. The van der Waals surface area contributed by atoms with Gasteiger partial charge >= 0.3 is 6.41 Å². The van der Waals surface area contributed by atoms with Gasteiger partial charge < -0.3 is 9.47 Å². The zero-order chi connectivity index (χ0) is 5.11. The average molecular weight is 101 g/mol. The van der Waals surface area contributed by atoms with Crippen LogP contribution in [-0.4, -0.2) is 13.5 Å². The summed E-state index contributed by atoms with van der Waals surface area (Å²) in [5.41, 5.74) is 0. The number of hydrogen-bond donors (Lipinski definition) is 1. The maximum atomic E-state index is 4.79. The van der Waals surface area contributed by atoms with Crippen molar-refractivity contribution in [2.24, 2.45) is 0 Å². The van der Waals surface area contributed by atoms with E-state index in [1.807, 2.05) is 0 Å². The quantitative estimate of drug-likeness (QED) is 0.504. The molecule has 3 heteroatoms. The lowest BCUT2D eigenvalue weighted by atomic mass is 11.0. The summed E-state index contributed by atoms with van der Waals surface area (Å²) in [5, 5.41) is 2.76. The summed E-state index contributed by atoms with van der Waals surface area (Å²) in [4.78, 5) is 0. The monoisotopic (exact) mass is 101 g/mol. The first-order valence-electron chi connectivity index (χ1n) is 2.06. The lowest BCUT2D eigenvalue weighted by Gasteiger charge is -2.05. The molecule has 7 heavy (non-hydrogen) atoms. The third-order valence-electron chi connectivity index (χ3n) is 0.696. The van der Waals surface area contributed by atoms with Gasteiger partial charge in [0.05, 0.1) is 0 Å². The Morgan fingerprint density at radius 2 is 2.00 bits per heavy atom. The van der Waals surface area contributed by atoms with E-state index in [1.54, 1.807) is 7.05 Å². The van der Waals surface area contributed by atoms with Gasteiger partial charge in [0, 0.05) is 0 Å². The fraction of sp³-hybridized carbons (Fsp3) is 0.500. The highest BCUT2D eigenvalue weighted by Crippen LogP contribution is 1.98. The van der Waals surface area contributed by atoms with Gasteiger partial charge in [-0.3, -0.25) is 5.32 Å². The van der Waals surface area contributed by atoms with Crippen LogP contribution in [0.3, 0.4) is 0 Å². The van der Waals surface area contributed by atoms with E-state index >= 15 is 0 Å². The van der Waals surface area contributed by atoms with Crippen molar-refractivity contribution < 1.29 is 9.47 Å². The molecule has 1 N–H and O–H groups in total. The largest absolute Gasteiger partial charge is 0.446 e. The summed E-state index contributed by atoms with van der Waals surface area (Å²) in [6, 6.07) is 0. The summed E-state index contributed by atoms with van der Waals surface area (Å²) < 4.78 is 9.58. The van der Waals surface area contributed by atoms with Crippen molar-refractivity contribution in [3.05, 3.63) is 12.5 Å². The van der Waals surface area contributed by atoms with Crippen molar-refractivity contribution in [1.82, 2.24) is 5.32 Å². The van der Waals surface area contributed by atoms with E-state index in [4.69, 9.17) is 9.47 Å². The number of nitrogens with one attached hydrogen (secondary N) is 1. The topological polar surface area (TPSA) is 30.5 Å². The van der Waals surface area contributed by atoms with Crippen LogP contribution in [0.25, 0.3) is 0 Å². The Balaban J connectivity index is 2.22. The molecule has 0 radical (unpaired) electrons. The molecule has 0 fully saturated rings. The van der Waals surface area contributed by atoms with Crippen molar-refractivity contribution in [1.29, 1.82) is 0 Å². The standard InChI is InChI=1S/C4H7NO2/c1-5-4-6-2-3-7-4/h2-5H,1H3. The Morgan fingerprint density at radius 1 is 1.43 bits per heavy atom. The molecule has 0 aromatic carbocycles. The summed E-state index contributed by atoms with van der Waals surface area (Å²) in [6.45, 7) is 0. The van der Waals surface area contributed by atoms with Gasteiger partial charge in [-0.25, -0.2) is 0 Å². The first kappa shape index (κ1) is 4.46. The molecule has 0 saturated heterocycles. The van der Waals surface area contributed by atoms with Crippen molar-refractivity contribution in [3.8, 4) is 0 Å². The van der Waals surface area contributed by atoms with E-state index in [-0.39, 0.29) is 6.41 Å². The molecule has 0 amide bonds. The maximum Gasteiger partial charge on any atom is 0.300 e. The minimum atomic E-state index is -0.264. The van der Waals surface area contributed by atoms with Gasteiger partial charge in [0.25, 0.3) is 0 Å². The molecule has 1 heterocycles. The molecule has 1 aliphatic rings. The molecule has 0 spiro atoms. The van der Waals surface area contributed by atoms with Crippen LogP contribution >= 0.6 is 0 Å². The molecule has 1 aliphatic heterocycles. The molecule has 40 valence electrons. The minimum Gasteiger partial charge on any atom is -0.446 e. The second-order valence-electron chi connectivity index (χ2n) is 1.16.